The number of fused-ring (bicyclic) bond motifs is 3. The standard InChI is InChI=1S/C14H12N2O2/c1-8-3-4-10-11-6-9(14(17)18-2)7-15-13(11)16-12(10)5-8/h3-7H,1-2H3,(H,15,16). The van der Waals surface area contributed by atoms with Crippen LogP contribution >= 0.6 is 0 Å². The summed E-state index contributed by atoms with van der Waals surface area (Å²) in [6, 6.07) is 7.95. The molecule has 1 N–H and O–H groups in total. The molecule has 0 unspecified atom stereocenters. The van der Waals surface area contributed by atoms with Crippen LogP contribution in [-0.2, 0) is 4.74 Å². The van der Waals surface area contributed by atoms with Crippen molar-refractivity contribution in [2.24, 2.45) is 0 Å². The van der Waals surface area contributed by atoms with Gasteiger partial charge in [0.2, 0.25) is 0 Å². The van der Waals surface area contributed by atoms with Crippen molar-refractivity contribution in [2.75, 3.05) is 7.11 Å². The van der Waals surface area contributed by atoms with Gasteiger partial charge in [0.25, 0.3) is 0 Å². The Bertz CT molecular complexity index is 759. The Hall–Kier alpha value is -2.36. The van der Waals surface area contributed by atoms with Crippen LogP contribution in [0.3, 0.4) is 0 Å². The number of rotatable bonds is 1. The number of aryl methyl sites for hydroxylation is 1. The molecule has 0 amide bonds. The molecule has 2 heterocycles. The number of hydrogen-bond donors (Lipinski definition) is 1. The van der Waals surface area contributed by atoms with Crippen molar-refractivity contribution in [2.45, 2.75) is 6.92 Å². The fraction of sp³-hybridized carbons (Fsp3) is 0.143. The first kappa shape index (κ1) is 10.8. The minimum atomic E-state index is -0.370. The first-order valence-corrected chi connectivity index (χ1v) is 5.65. The topological polar surface area (TPSA) is 55.0 Å². The molecule has 2 aromatic heterocycles. The Kier molecular flexibility index (Phi) is 2.30. The molecule has 0 radical (unpaired) electrons. The molecule has 0 fully saturated rings. The van der Waals surface area contributed by atoms with Crippen LogP contribution in [0.1, 0.15) is 15.9 Å². The molecule has 18 heavy (non-hydrogen) atoms. The summed E-state index contributed by atoms with van der Waals surface area (Å²) >= 11 is 0. The van der Waals surface area contributed by atoms with E-state index in [4.69, 9.17) is 4.74 Å². The fourth-order valence-electron chi connectivity index (χ4n) is 2.12. The third-order valence-corrected chi connectivity index (χ3v) is 3.03. The number of benzene rings is 1. The van der Waals surface area contributed by atoms with E-state index in [-0.39, 0.29) is 5.97 Å². The minimum absolute atomic E-state index is 0.370. The largest absolute Gasteiger partial charge is 0.465 e. The number of nitrogens with zero attached hydrogens (tertiary/aromatic N) is 1. The predicted octanol–water partition coefficient (Wildman–Crippen LogP) is 2.81. The molecular formula is C14H12N2O2. The van der Waals surface area contributed by atoms with E-state index in [1.54, 1.807) is 0 Å². The number of esters is 1. The van der Waals surface area contributed by atoms with Gasteiger partial charge in [-0.05, 0) is 24.6 Å². The van der Waals surface area contributed by atoms with Crippen LogP contribution in [0.2, 0.25) is 0 Å². The third-order valence-electron chi connectivity index (χ3n) is 3.03. The Labute approximate surface area is 104 Å². The molecule has 3 rings (SSSR count). The maximum atomic E-state index is 11.5. The number of methoxy groups -OCH3 is 1. The van der Waals surface area contributed by atoms with Crippen LogP contribution in [0.25, 0.3) is 21.9 Å². The van der Waals surface area contributed by atoms with Gasteiger partial charge in [0.05, 0.1) is 12.7 Å². The molecular weight excluding hydrogens is 228 g/mol. The highest BCUT2D eigenvalue weighted by atomic mass is 16.5. The molecule has 0 aliphatic rings. The zero-order chi connectivity index (χ0) is 12.7. The van der Waals surface area contributed by atoms with Crippen LogP contribution in [0, 0.1) is 6.92 Å². The summed E-state index contributed by atoms with van der Waals surface area (Å²) in [6.07, 6.45) is 1.52. The Balaban J connectivity index is 2.32. The van der Waals surface area contributed by atoms with Crippen molar-refractivity contribution < 1.29 is 9.53 Å². The molecule has 1 aromatic carbocycles. The second-order valence-electron chi connectivity index (χ2n) is 4.29. The third kappa shape index (κ3) is 1.54. The molecule has 0 aliphatic heterocycles. The monoisotopic (exact) mass is 240 g/mol. The summed E-state index contributed by atoms with van der Waals surface area (Å²) in [4.78, 5) is 19.0. The summed E-state index contributed by atoms with van der Waals surface area (Å²) in [5, 5.41) is 2.00. The van der Waals surface area contributed by atoms with Gasteiger partial charge >= 0.3 is 5.97 Å². The summed E-state index contributed by atoms with van der Waals surface area (Å²) in [6.45, 7) is 2.04. The summed E-state index contributed by atoms with van der Waals surface area (Å²) in [7, 11) is 1.37. The van der Waals surface area contributed by atoms with Crippen LogP contribution < -0.4 is 0 Å². The predicted molar refractivity (Wildman–Crippen MR) is 69.7 cm³/mol. The van der Waals surface area contributed by atoms with E-state index in [2.05, 4.69) is 16.0 Å². The molecule has 3 aromatic rings. The van der Waals surface area contributed by atoms with Crippen molar-refractivity contribution in [3.05, 3.63) is 41.6 Å². The number of pyridine rings is 1. The van der Waals surface area contributed by atoms with E-state index in [0.717, 1.165) is 21.9 Å². The molecule has 0 aliphatic carbocycles. The molecule has 0 saturated heterocycles. The van der Waals surface area contributed by atoms with Crippen molar-refractivity contribution in [1.82, 2.24) is 9.97 Å². The number of carbonyl (C=O) groups is 1. The lowest BCUT2D eigenvalue weighted by Gasteiger charge is -1.98. The van der Waals surface area contributed by atoms with Gasteiger partial charge in [0.1, 0.15) is 5.65 Å². The van der Waals surface area contributed by atoms with Crippen molar-refractivity contribution in [3.8, 4) is 0 Å². The number of carbonyl (C=O) groups excluding carboxylic acids is 1. The summed E-state index contributed by atoms with van der Waals surface area (Å²) < 4.78 is 4.70. The van der Waals surface area contributed by atoms with Gasteiger partial charge < -0.3 is 9.72 Å². The zero-order valence-corrected chi connectivity index (χ0v) is 10.2. The first-order chi connectivity index (χ1) is 8.69. The SMILES string of the molecule is COC(=O)c1cnc2[nH]c3cc(C)ccc3c2c1. The normalized spacial score (nSPS) is 11.0. The summed E-state index contributed by atoms with van der Waals surface area (Å²) in [5.74, 6) is -0.370. The second kappa shape index (κ2) is 3.84. The lowest BCUT2D eigenvalue weighted by molar-refractivity contribution is 0.0600. The van der Waals surface area contributed by atoms with E-state index in [1.165, 1.54) is 18.9 Å². The maximum Gasteiger partial charge on any atom is 0.339 e. The Morgan fingerprint density at radius 2 is 2.11 bits per heavy atom. The van der Waals surface area contributed by atoms with Gasteiger partial charge in [-0.15, -0.1) is 0 Å². The van der Waals surface area contributed by atoms with E-state index in [9.17, 15) is 4.79 Å². The van der Waals surface area contributed by atoms with E-state index in [0.29, 0.717) is 5.56 Å². The molecule has 90 valence electrons. The number of ether oxygens (including phenoxy) is 1. The van der Waals surface area contributed by atoms with Crippen LogP contribution in [0.5, 0.6) is 0 Å². The first-order valence-electron chi connectivity index (χ1n) is 5.65. The minimum Gasteiger partial charge on any atom is -0.465 e. The van der Waals surface area contributed by atoms with Crippen molar-refractivity contribution in [1.29, 1.82) is 0 Å². The fourth-order valence-corrected chi connectivity index (χ4v) is 2.12. The number of H-pyrrole nitrogens is 1. The quantitative estimate of drug-likeness (QED) is 0.665. The average molecular weight is 240 g/mol. The van der Waals surface area contributed by atoms with Gasteiger partial charge in [-0.2, -0.15) is 0 Å². The Morgan fingerprint density at radius 3 is 2.89 bits per heavy atom. The van der Waals surface area contributed by atoms with Crippen molar-refractivity contribution in [3.63, 3.8) is 0 Å². The van der Waals surface area contributed by atoms with Crippen LogP contribution in [-0.4, -0.2) is 23.0 Å². The van der Waals surface area contributed by atoms with Gasteiger partial charge in [-0.25, -0.2) is 9.78 Å². The smallest absolute Gasteiger partial charge is 0.339 e. The highest BCUT2D eigenvalue weighted by molar-refractivity contribution is 6.08. The highest BCUT2D eigenvalue weighted by Gasteiger charge is 2.10. The van der Waals surface area contributed by atoms with Gasteiger partial charge in [0.15, 0.2) is 0 Å². The molecule has 0 bridgehead atoms. The molecule has 0 atom stereocenters. The Morgan fingerprint density at radius 1 is 1.28 bits per heavy atom. The summed E-state index contributed by atoms with van der Waals surface area (Å²) in [5.41, 5.74) is 3.46. The molecule has 0 spiro atoms. The van der Waals surface area contributed by atoms with E-state index < -0.39 is 0 Å². The molecule has 4 nitrogen and oxygen atoms in total. The lowest BCUT2D eigenvalue weighted by Crippen LogP contribution is -2.01. The van der Waals surface area contributed by atoms with Gasteiger partial charge in [0, 0.05) is 22.5 Å². The molecule has 0 saturated carbocycles. The highest BCUT2D eigenvalue weighted by Crippen LogP contribution is 2.25. The van der Waals surface area contributed by atoms with Crippen molar-refractivity contribution >= 4 is 27.9 Å². The van der Waals surface area contributed by atoms with Crippen LogP contribution in [0.4, 0.5) is 0 Å². The number of nitrogens with one attached hydrogen (secondary N) is 1. The second-order valence-corrected chi connectivity index (χ2v) is 4.29. The lowest BCUT2D eigenvalue weighted by atomic mass is 10.1. The molecule has 4 heteroatoms. The van der Waals surface area contributed by atoms with Crippen LogP contribution in [0.15, 0.2) is 30.5 Å². The number of aromatic nitrogens is 2. The van der Waals surface area contributed by atoms with Gasteiger partial charge in [-0.3, -0.25) is 0 Å². The van der Waals surface area contributed by atoms with E-state index >= 15 is 0 Å². The zero-order valence-electron chi connectivity index (χ0n) is 10.2. The van der Waals surface area contributed by atoms with Gasteiger partial charge in [-0.1, -0.05) is 12.1 Å². The average Bonchev–Trinajstić information content (AvgIpc) is 2.74. The number of aromatic amines is 1. The van der Waals surface area contributed by atoms with E-state index in [1.807, 2.05) is 25.1 Å². The number of hydrogen-bond acceptors (Lipinski definition) is 3. The maximum absolute atomic E-state index is 11.5.